The minimum Gasteiger partial charge on any atom is -0.463 e. The minimum atomic E-state index is -0.728. The highest BCUT2D eigenvalue weighted by atomic mass is 35.5. The van der Waals surface area contributed by atoms with Gasteiger partial charge < -0.3 is 19.4 Å². The topological polar surface area (TPSA) is 71.8 Å². The molecule has 0 bridgehead atoms. The van der Waals surface area contributed by atoms with Gasteiger partial charge >= 0.3 is 12.0 Å². The third-order valence-electron chi connectivity index (χ3n) is 4.30. The second-order valence-electron chi connectivity index (χ2n) is 5.84. The van der Waals surface area contributed by atoms with Gasteiger partial charge in [-0.1, -0.05) is 23.7 Å². The molecule has 1 aliphatic rings. The number of urea groups is 1. The van der Waals surface area contributed by atoms with Crippen molar-refractivity contribution in [2.75, 3.05) is 13.7 Å². The maximum atomic E-state index is 12.5. The van der Waals surface area contributed by atoms with E-state index < -0.39 is 12.0 Å². The van der Waals surface area contributed by atoms with Gasteiger partial charge in [0.15, 0.2) is 0 Å². The molecule has 1 aromatic heterocycles. The molecule has 1 atom stereocenters. The van der Waals surface area contributed by atoms with E-state index in [1.165, 1.54) is 4.90 Å². The Morgan fingerprint density at radius 3 is 2.73 bits per heavy atom. The summed E-state index contributed by atoms with van der Waals surface area (Å²) in [5.74, 6) is 0.501. The Hall–Kier alpha value is -2.73. The van der Waals surface area contributed by atoms with Crippen molar-refractivity contribution < 1.29 is 18.7 Å². The third-order valence-corrected chi connectivity index (χ3v) is 4.63. The standard InChI is InChI=1S/C19H19ClN2O4/c1-4-25-18(23)16-11(2)22(3)19(24)21-17(16)15-10-9-14(26-15)12-7-5-6-8-13(12)20/h5-10,17H,4H2,1-3H3,(H,21,24). The number of carbonyl (C=O) groups excluding carboxylic acids is 2. The first-order valence-corrected chi connectivity index (χ1v) is 8.58. The van der Waals surface area contributed by atoms with Crippen LogP contribution in [0.2, 0.25) is 5.02 Å². The summed E-state index contributed by atoms with van der Waals surface area (Å²) in [7, 11) is 1.59. The van der Waals surface area contributed by atoms with Crippen LogP contribution in [0, 0.1) is 0 Å². The number of hydrogen-bond acceptors (Lipinski definition) is 4. The second-order valence-corrected chi connectivity index (χ2v) is 6.25. The molecule has 2 amide bonds. The number of carbonyl (C=O) groups is 2. The molecule has 0 aliphatic carbocycles. The molecule has 2 heterocycles. The maximum Gasteiger partial charge on any atom is 0.338 e. The molecule has 0 radical (unpaired) electrons. The molecule has 1 aromatic carbocycles. The van der Waals surface area contributed by atoms with Gasteiger partial charge in [0.05, 0.1) is 17.2 Å². The van der Waals surface area contributed by atoms with Crippen molar-refractivity contribution in [1.82, 2.24) is 10.2 Å². The Labute approximate surface area is 156 Å². The van der Waals surface area contributed by atoms with E-state index in [4.69, 9.17) is 20.8 Å². The van der Waals surface area contributed by atoms with E-state index in [0.717, 1.165) is 5.56 Å². The molecule has 0 saturated heterocycles. The van der Waals surface area contributed by atoms with Gasteiger partial charge in [0, 0.05) is 18.3 Å². The zero-order valence-corrected chi connectivity index (χ0v) is 15.5. The number of halogens is 1. The average Bonchev–Trinajstić information content (AvgIpc) is 3.09. The molecule has 1 aliphatic heterocycles. The third kappa shape index (κ3) is 3.20. The monoisotopic (exact) mass is 374 g/mol. The SMILES string of the molecule is CCOC(=O)C1=C(C)N(C)C(=O)NC1c1ccc(-c2ccccc2Cl)o1. The van der Waals surface area contributed by atoms with Gasteiger partial charge in [0.2, 0.25) is 0 Å². The van der Waals surface area contributed by atoms with Crippen LogP contribution >= 0.6 is 11.6 Å². The van der Waals surface area contributed by atoms with Gasteiger partial charge in [0.1, 0.15) is 17.6 Å². The molecular weight excluding hydrogens is 356 g/mol. The summed E-state index contributed by atoms with van der Waals surface area (Å²) < 4.78 is 11.1. The molecule has 0 saturated carbocycles. The van der Waals surface area contributed by atoms with E-state index in [-0.39, 0.29) is 12.6 Å². The van der Waals surface area contributed by atoms with E-state index in [1.54, 1.807) is 39.1 Å². The number of allylic oxidation sites excluding steroid dienone is 1. The predicted octanol–water partition coefficient (Wildman–Crippen LogP) is 4.13. The molecule has 136 valence electrons. The van der Waals surface area contributed by atoms with E-state index in [2.05, 4.69) is 5.32 Å². The lowest BCUT2D eigenvalue weighted by Crippen LogP contribution is -2.46. The zero-order valence-electron chi connectivity index (χ0n) is 14.7. The van der Waals surface area contributed by atoms with Gasteiger partial charge in [-0.2, -0.15) is 0 Å². The van der Waals surface area contributed by atoms with Gasteiger partial charge in [-0.05, 0) is 38.1 Å². The first kappa shape index (κ1) is 18.1. The van der Waals surface area contributed by atoms with Crippen molar-refractivity contribution in [3.8, 4) is 11.3 Å². The van der Waals surface area contributed by atoms with E-state index in [9.17, 15) is 9.59 Å². The second kappa shape index (κ2) is 7.25. The molecule has 0 fully saturated rings. The zero-order chi connectivity index (χ0) is 18.8. The summed E-state index contributed by atoms with van der Waals surface area (Å²) in [5.41, 5.74) is 1.60. The van der Waals surface area contributed by atoms with Crippen LogP contribution in [0.4, 0.5) is 4.79 Å². The molecule has 26 heavy (non-hydrogen) atoms. The number of ether oxygens (including phenoxy) is 1. The summed E-state index contributed by atoms with van der Waals surface area (Å²) in [6.07, 6.45) is 0. The van der Waals surface area contributed by atoms with Crippen molar-refractivity contribution in [3.63, 3.8) is 0 Å². The van der Waals surface area contributed by atoms with E-state index in [1.807, 2.05) is 18.2 Å². The first-order valence-electron chi connectivity index (χ1n) is 8.20. The molecule has 3 rings (SSSR count). The van der Waals surface area contributed by atoms with Crippen LogP contribution in [0.25, 0.3) is 11.3 Å². The van der Waals surface area contributed by atoms with Crippen LogP contribution in [0.1, 0.15) is 25.6 Å². The van der Waals surface area contributed by atoms with Crippen LogP contribution in [0.15, 0.2) is 52.1 Å². The Morgan fingerprint density at radius 1 is 1.31 bits per heavy atom. The summed E-state index contributed by atoms with van der Waals surface area (Å²) >= 11 is 6.22. The molecule has 2 aromatic rings. The van der Waals surface area contributed by atoms with E-state index >= 15 is 0 Å². The highest BCUT2D eigenvalue weighted by molar-refractivity contribution is 6.33. The van der Waals surface area contributed by atoms with Crippen LogP contribution < -0.4 is 5.32 Å². The van der Waals surface area contributed by atoms with Gasteiger partial charge in [-0.3, -0.25) is 0 Å². The largest absolute Gasteiger partial charge is 0.463 e. The van der Waals surface area contributed by atoms with Crippen molar-refractivity contribution in [1.29, 1.82) is 0 Å². The smallest absolute Gasteiger partial charge is 0.338 e. The number of nitrogens with one attached hydrogen (secondary N) is 1. The van der Waals surface area contributed by atoms with Crippen molar-refractivity contribution in [3.05, 3.63) is 58.5 Å². The molecular formula is C19H19ClN2O4. The summed E-state index contributed by atoms with van der Waals surface area (Å²) in [5, 5.41) is 3.34. The highest BCUT2D eigenvalue weighted by Gasteiger charge is 2.36. The number of benzene rings is 1. The maximum absolute atomic E-state index is 12.5. The highest BCUT2D eigenvalue weighted by Crippen LogP contribution is 2.35. The molecule has 6 nitrogen and oxygen atoms in total. The quantitative estimate of drug-likeness (QED) is 0.816. The van der Waals surface area contributed by atoms with Crippen molar-refractivity contribution >= 4 is 23.6 Å². The number of nitrogens with zero attached hydrogens (tertiary/aromatic N) is 1. The fourth-order valence-corrected chi connectivity index (χ4v) is 3.06. The summed E-state index contributed by atoms with van der Waals surface area (Å²) in [6, 6.07) is 9.73. The van der Waals surface area contributed by atoms with Crippen LogP contribution in [0.5, 0.6) is 0 Å². The fourth-order valence-electron chi connectivity index (χ4n) is 2.84. The van der Waals surface area contributed by atoms with E-state index in [0.29, 0.717) is 27.8 Å². The lowest BCUT2D eigenvalue weighted by Gasteiger charge is -2.31. The van der Waals surface area contributed by atoms with Gasteiger partial charge in [-0.15, -0.1) is 0 Å². The first-order chi connectivity index (χ1) is 12.4. The van der Waals surface area contributed by atoms with Gasteiger partial charge in [0.25, 0.3) is 0 Å². The predicted molar refractivity (Wildman–Crippen MR) is 97.5 cm³/mol. The molecule has 7 heteroatoms. The Bertz CT molecular complexity index is 887. The number of hydrogen-bond donors (Lipinski definition) is 1. The molecule has 1 unspecified atom stereocenters. The Kier molecular flexibility index (Phi) is 5.04. The number of rotatable bonds is 4. The van der Waals surface area contributed by atoms with Crippen molar-refractivity contribution in [2.45, 2.75) is 19.9 Å². The summed E-state index contributed by atoms with van der Waals surface area (Å²) in [6.45, 7) is 3.68. The number of furan rings is 1. The Morgan fingerprint density at radius 2 is 2.04 bits per heavy atom. The molecule has 1 N–H and O–H groups in total. The average molecular weight is 375 g/mol. The Balaban J connectivity index is 2.03. The van der Waals surface area contributed by atoms with Crippen LogP contribution in [-0.2, 0) is 9.53 Å². The number of amides is 2. The normalized spacial score (nSPS) is 17.3. The summed E-state index contributed by atoms with van der Waals surface area (Å²) in [4.78, 5) is 26.0. The van der Waals surface area contributed by atoms with Crippen molar-refractivity contribution in [2.24, 2.45) is 0 Å². The van der Waals surface area contributed by atoms with Gasteiger partial charge in [-0.25, -0.2) is 9.59 Å². The fraction of sp³-hybridized carbons (Fsp3) is 0.263. The lowest BCUT2D eigenvalue weighted by atomic mass is 10.00. The lowest BCUT2D eigenvalue weighted by molar-refractivity contribution is -0.139. The number of esters is 1. The van der Waals surface area contributed by atoms with Crippen LogP contribution in [0.3, 0.4) is 0 Å². The minimum absolute atomic E-state index is 0.239. The van der Waals surface area contributed by atoms with Crippen LogP contribution in [-0.4, -0.2) is 30.6 Å². The molecule has 0 spiro atoms.